The lowest BCUT2D eigenvalue weighted by atomic mass is 9.96. The molecule has 1 unspecified atom stereocenters. The van der Waals surface area contributed by atoms with Gasteiger partial charge in [-0.2, -0.15) is 11.8 Å². The number of alkyl halides is 1. The summed E-state index contributed by atoms with van der Waals surface area (Å²) >= 11 is 1.98. The third-order valence-electron chi connectivity index (χ3n) is 2.19. The van der Waals surface area contributed by atoms with Gasteiger partial charge in [-0.1, -0.05) is 0 Å². The van der Waals surface area contributed by atoms with Gasteiger partial charge >= 0.3 is 0 Å². The van der Waals surface area contributed by atoms with Crippen molar-refractivity contribution in [3.05, 3.63) is 0 Å². The molecule has 1 rings (SSSR count). The Morgan fingerprint density at radius 1 is 1.45 bits per heavy atom. The van der Waals surface area contributed by atoms with Crippen molar-refractivity contribution in [1.29, 1.82) is 0 Å². The second-order valence-electron chi connectivity index (χ2n) is 3.12. The first-order valence-electron chi connectivity index (χ1n) is 4.25. The molecule has 1 aliphatic heterocycles. The first kappa shape index (κ1) is 9.33. The van der Waals surface area contributed by atoms with Crippen LogP contribution in [0.15, 0.2) is 0 Å². The zero-order valence-corrected chi connectivity index (χ0v) is 7.58. The molecule has 0 amide bonds. The smallest absolute Gasteiger partial charge is 0.113 e. The fourth-order valence-corrected chi connectivity index (χ4v) is 2.64. The molecule has 0 aliphatic carbocycles. The highest BCUT2D eigenvalue weighted by atomic mass is 32.2. The van der Waals surface area contributed by atoms with Crippen molar-refractivity contribution in [2.75, 3.05) is 18.1 Å². The first-order valence-corrected chi connectivity index (χ1v) is 5.40. The van der Waals surface area contributed by atoms with E-state index in [1.807, 2.05) is 11.8 Å². The number of halogens is 1. The average Bonchev–Trinajstić information content (AvgIpc) is 2.06. The highest BCUT2D eigenvalue weighted by molar-refractivity contribution is 7.99. The molecule has 0 aromatic rings. The lowest BCUT2D eigenvalue weighted by Gasteiger charge is -2.22. The van der Waals surface area contributed by atoms with Gasteiger partial charge in [0.2, 0.25) is 0 Å². The molecule has 0 aromatic heterocycles. The van der Waals surface area contributed by atoms with Crippen molar-refractivity contribution in [3.63, 3.8) is 0 Å². The number of nitrogens with two attached hydrogens (primary N) is 1. The Bertz CT molecular complexity index is 104. The van der Waals surface area contributed by atoms with Crippen LogP contribution in [-0.2, 0) is 0 Å². The topological polar surface area (TPSA) is 26.0 Å². The van der Waals surface area contributed by atoms with Gasteiger partial charge in [0.15, 0.2) is 0 Å². The summed E-state index contributed by atoms with van der Waals surface area (Å²) in [4.78, 5) is 0. The minimum atomic E-state index is -0.761. The molecule has 66 valence electrons. The van der Waals surface area contributed by atoms with Crippen LogP contribution in [0.4, 0.5) is 4.39 Å². The molecule has 1 heterocycles. The largest absolute Gasteiger partial charge is 0.328 e. The standard InChI is InChI=1S/C8H16FNS/c9-8(6-10)5-7-1-3-11-4-2-7/h7-8H,1-6,10H2. The van der Waals surface area contributed by atoms with Crippen LogP contribution in [0.5, 0.6) is 0 Å². The summed E-state index contributed by atoms with van der Waals surface area (Å²) in [6.07, 6.45) is 2.30. The zero-order valence-electron chi connectivity index (χ0n) is 6.76. The van der Waals surface area contributed by atoms with Gasteiger partial charge in [-0.15, -0.1) is 0 Å². The van der Waals surface area contributed by atoms with Crippen molar-refractivity contribution >= 4 is 11.8 Å². The summed E-state index contributed by atoms with van der Waals surface area (Å²) in [7, 11) is 0. The zero-order chi connectivity index (χ0) is 8.10. The summed E-state index contributed by atoms with van der Waals surface area (Å²) in [5.41, 5.74) is 5.21. The van der Waals surface area contributed by atoms with E-state index >= 15 is 0 Å². The molecule has 0 saturated carbocycles. The lowest BCUT2D eigenvalue weighted by molar-refractivity contribution is 0.266. The van der Waals surface area contributed by atoms with Crippen LogP contribution < -0.4 is 5.73 Å². The van der Waals surface area contributed by atoms with Gasteiger partial charge in [0.1, 0.15) is 6.17 Å². The Labute approximate surface area is 71.9 Å². The van der Waals surface area contributed by atoms with Crippen LogP contribution in [0.25, 0.3) is 0 Å². The number of hydrogen-bond acceptors (Lipinski definition) is 2. The Balaban J connectivity index is 2.13. The summed E-state index contributed by atoms with van der Waals surface area (Å²) < 4.78 is 12.8. The van der Waals surface area contributed by atoms with Gasteiger partial charge in [0, 0.05) is 6.54 Å². The van der Waals surface area contributed by atoms with Crippen LogP contribution in [0.3, 0.4) is 0 Å². The van der Waals surface area contributed by atoms with Crippen LogP contribution >= 0.6 is 11.8 Å². The number of hydrogen-bond donors (Lipinski definition) is 1. The second kappa shape index (κ2) is 4.99. The van der Waals surface area contributed by atoms with Gasteiger partial charge in [-0.05, 0) is 36.7 Å². The quantitative estimate of drug-likeness (QED) is 0.711. The molecule has 1 atom stereocenters. The Hall–Kier alpha value is 0.240. The highest BCUT2D eigenvalue weighted by Gasteiger charge is 2.17. The summed E-state index contributed by atoms with van der Waals surface area (Å²) in [5, 5.41) is 0. The van der Waals surface area contributed by atoms with Crippen LogP contribution in [0.1, 0.15) is 19.3 Å². The van der Waals surface area contributed by atoms with E-state index in [2.05, 4.69) is 0 Å². The molecule has 2 N–H and O–H groups in total. The van der Waals surface area contributed by atoms with E-state index in [0.717, 1.165) is 0 Å². The van der Waals surface area contributed by atoms with Crippen molar-refractivity contribution in [2.24, 2.45) is 11.7 Å². The highest BCUT2D eigenvalue weighted by Crippen LogP contribution is 2.26. The summed E-state index contributed by atoms with van der Waals surface area (Å²) in [6, 6.07) is 0. The van der Waals surface area contributed by atoms with Crippen molar-refractivity contribution < 1.29 is 4.39 Å². The second-order valence-corrected chi connectivity index (χ2v) is 4.35. The maximum Gasteiger partial charge on any atom is 0.113 e. The van der Waals surface area contributed by atoms with Crippen LogP contribution in [0, 0.1) is 5.92 Å². The lowest BCUT2D eigenvalue weighted by Crippen LogP contribution is -2.21. The molecule has 0 bridgehead atoms. The van der Waals surface area contributed by atoms with Crippen LogP contribution in [0.2, 0.25) is 0 Å². The number of rotatable bonds is 3. The Morgan fingerprint density at radius 2 is 2.09 bits per heavy atom. The van der Waals surface area contributed by atoms with Crippen LogP contribution in [-0.4, -0.2) is 24.2 Å². The maximum absolute atomic E-state index is 12.8. The van der Waals surface area contributed by atoms with E-state index in [1.54, 1.807) is 0 Å². The fraction of sp³-hybridized carbons (Fsp3) is 1.00. The van der Waals surface area contributed by atoms with Gasteiger partial charge in [-0.25, -0.2) is 4.39 Å². The molecule has 1 fully saturated rings. The summed E-state index contributed by atoms with van der Waals surface area (Å²) in [5.74, 6) is 3.03. The molecule has 11 heavy (non-hydrogen) atoms. The molecule has 3 heteroatoms. The monoisotopic (exact) mass is 177 g/mol. The Kier molecular flexibility index (Phi) is 4.23. The van der Waals surface area contributed by atoms with E-state index in [4.69, 9.17) is 5.73 Å². The van der Waals surface area contributed by atoms with E-state index in [1.165, 1.54) is 24.3 Å². The SMILES string of the molecule is NCC(F)CC1CCSCC1. The molecule has 1 aliphatic rings. The van der Waals surface area contributed by atoms with Gasteiger partial charge in [0.05, 0.1) is 0 Å². The molecule has 0 aromatic carbocycles. The maximum atomic E-state index is 12.8. The third-order valence-corrected chi connectivity index (χ3v) is 3.23. The van der Waals surface area contributed by atoms with Crippen molar-refractivity contribution in [3.8, 4) is 0 Å². The van der Waals surface area contributed by atoms with Crippen molar-refractivity contribution in [1.82, 2.24) is 0 Å². The molecular formula is C8H16FNS. The predicted octanol–water partition coefficient (Wildman–Crippen LogP) is 1.82. The average molecular weight is 177 g/mol. The minimum absolute atomic E-state index is 0.198. The Morgan fingerprint density at radius 3 is 2.64 bits per heavy atom. The minimum Gasteiger partial charge on any atom is -0.328 e. The van der Waals surface area contributed by atoms with E-state index < -0.39 is 6.17 Å². The molecule has 1 nitrogen and oxygen atoms in total. The third kappa shape index (κ3) is 3.43. The predicted molar refractivity (Wildman–Crippen MR) is 48.6 cm³/mol. The van der Waals surface area contributed by atoms with E-state index in [0.29, 0.717) is 12.3 Å². The fourth-order valence-electron chi connectivity index (χ4n) is 1.44. The van der Waals surface area contributed by atoms with Gasteiger partial charge in [-0.3, -0.25) is 0 Å². The summed E-state index contributed by atoms with van der Waals surface area (Å²) in [6.45, 7) is 0.198. The molecule has 0 spiro atoms. The van der Waals surface area contributed by atoms with Gasteiger partial charge < -0.3 is 5.73 Å². The van der Waals surface area contributed by atoms with E-state index in [-0.39, 0.29) is 6.54 Å². The first-order chi connectivity index (χ1) is 5.33. The molecule has 0 radical (unpaired) electrons. The molecular weight excluding hydrogens is 161 g/mol. The van der Waals surface area contributed by atoms with Crippen molar-refractivity contribution in [2.45, 2.75) is 25.4 Å². The normalized spacial score (nSPS) is 23.5. The van der Waals surface area contributed by atoms with Gasteiger partial charge in [0.25, 0.3) is 0 Å². The number of thioether (sulfide) groups is 1. The van der Waals surface area contributed by atoms with E-state index in [9.17, 15) is 4.39 Å². The molecule has 1 saturated heterocycles.